The molecule has 1 aliphatic rings. The number of benzene rings is 2. The molecule has 1 fully saturated rings. The molecule has 3 N–H and O–H groups in total. The number of ether oxygens (including phenoxy) is 1. The van der Waals surface area contributed by atoms with E-state index in [1.165, 1.54) is 19.3 Å². The summed E-state index contributed by atoms with van der Waals surface area (Å²) in [6.07, 6.45) is 5.28. The Labute approximate surface area is 193 Å². The van der Waals surface area contributed by atoms with Gasteiger partial charge >= 0.3 is 5.63 Å². The molecule has 1 amide bonds. The average molecular weight is 450 g/mol. The van der Waals surface area contributed by atoms with Crippen LogP contribution >= 0.6 is 0 Å². The molecule has 0 saturated carbocycles. The summed E-state index contributed by atoms with van der Waals surface area (Å²) in [5.41, 5.74) is 2.23. The number of amides is 1. The van der Waals surface area contributed by atoms with Crippen molar-refractivity contribution in [2.24, 2.45) is 0 Å². The first-order chi connectivity index (χ1) is 16.1. The number of methoxy groups -OCH3 is 1. The number of anilines is 2. The van der Waals surface area contributed by atoms with Gasteiger partial charge in [0.05, 0.1) is 7.11 Å². The van der Waals surface area contributed by atoms with E-state index in [1.54, 1.807) is 19.2 Å². The van der Waals surface area contributed by atoms with Crippen LogP contribution in [0.25, 0.3) is 11.0 Å². The number of hydrogen-bond acceptors (Lipinski definition) is 6. The van der Waals surface area contributed by atoms with Crippen LogP contribution in [0, 0.1) is 0 Å². The van der Waals surface area contributed by atoms with Crippen molar-refractivity contribution < 1.29 is 13.9 Å². The number of piperidine rings is 1. The van der Waals surface area contributed by atoms with Crippen LogP contribution in [0.15, 0.2) is 51.7 Å². The first-order valence-corrected chi connectivity index (χ1v) is 11.6. The Morgan fingerprint density at radius 1 is 1.15 bits per heavy atom. The molecular formula is C26H31N3O4. The Bertz CT molecular complexity index is 1160. The lowest BCUT2D eigenvalue weighted by molar-refractivity contribution is 0.102. The van der Waals surface area contributed by atoms with E-state index >= 15 is 0 Å². The van der Waals surface area contributed by atoms with Crippen molar-refractivity contribution in [3.8, 4) is 5.75 Å². The van der Waals surface area contributed by atoms with Crippen LogP contribution in [-0.4, -0.2) is 32.1 Å². The van der Waals surface area contributed by atoms with Gasteiger partial charge in [-0.3, -0.25) is 4.79 Å². The minimum atomic E-state index is -0.663. The minimum absolute atomic E-state index is 0.0271. The van der Waals surface area contributed by atoms with E-state index in [0.29, 0.717) is 34.9 Å². The Kier molecular flexibility index (Phi) is 7.29. The molecule has 0 bridgehead atoms. The molecule has 33 heavy (non-hydrogen) atoms. The highest BCUT2D eigenvalue weighted by Crippen LogP contribution is 2.29. The van der Waals surface area contributed by atoms with Gasteiger partial charge in [-0.1, -0.05) is 19.8 Å². The molecule has 7 nitrogen and oxygen atoms in total. The Hall–Kier alpha value is -3.32. The SMILES string of the molecule is CCCc1c(OC)ccc2cc(C(=O)Nc3ccc(NCC4CCCCN4)cc3)c(=O)oc12. The summed E-state index contributed by atoms with van der Waals surface area (Å²) in [5, 5.41) is 10.4. The number of fused-ring (bicyclic) bond motifs is 1. The van der Waals surface area contributed by atoms with Crippen LogP contribution in [0.2, 0.25) is 0 Å². The van der Waals surface area contributed by atoms with Crippen LogP contribution < -0.4 is 26.3 Å². The largest absolute Gasteiger partial charge is 0.496 e. The maximum Gasteiger partial charge on any atom is 0.349 e. The van der Waals surface area contributed by atoms with Gasteiger partial charge in [0, 0.05) is 34.9 Å². The molecule has 1 aliphatic heterocycles. The molecular weight excluding hydrogens is 418 g/mol. The van der Waals surface area contributed by atoms with E-state index in [9.17, 15) is 9.59 Å². The van der Waals surface area contributed by atoms with E-state index in [0.717, 1.165) is 30.8 Å². The third kappa shape index (κ3) is 5.37. The maximum absolute atomic E-state index is 12.8. The number of rotatable bonds is 8. The van der Waals surface area contributed by atoms with E-state index in [4.69, 9.17) is 9.15 Å². The van der Waals surface area contributed by atoms with Gasteiger partial charge in [-0.15, -0.1) is 0 Å². The average Bonchev–Trinajstić information content (AvgIpc) is 2.84. The van der Waals surface area contributed by atoms with Crippen LogP contribution in [0.5, 0.6) is 5.75 Å². The number of carbonyl (C=O) groups excluding carboxylic acids is 1. The summed E-state index contributed by atoms with van der Waals surface area (Å²) in [6.45, 7) is 3.99. The van der Waals surface area contributed by atoms with E-state index in [2.05, 4.69) is 16.0 Å². The quantitative estimate of drug-likeness (QED) is 0.437. The fourth-order valence-electron chi connectivity index (χ4n) is 4.27. The first kappa shape index (κ1) is 22.9. The molecule has 0 radical (unpaired) electrons. The number of carbonyl (C=O) groups is 1. The van der Waals surface area contributed by atoms with Crippen LogP contribution in [0.3, 0.4) is 0 Å². The minimum Gasteiger partial charge on any atom is -0.496 e. The molecule has 3 aromatic rings. The number of aryl methyl sites for hydroxylation is 1. The summed E-state index contributed by atoms with van der Waals surface area (Å²) in [6, 6.07) is 13.2. The third-order valence-electron chi connectivity index (χ3n) is 6.03. The summed E-state index contributed by atoms with van der Waals surface area (Å²) in [7, 11) is 1.59. The molecule has 2 aromatic carbocycles. The summed E-state index contributed by atoms with van der Waals surface area (Å²) in [4.78, 5) is 25.4. The zero-order valence-electron chi connectivity index (χ0n) is 19.2. The van der Waals surface area contributed by atoms with E-state index in [1.807, 2.05) is 37.3 Å². The van der Waals surface area contributed by atoms with Gasteiger partial charge in [0.25, 0.3) is 5.91 Å². The molecule has 0 aliphatic carbocycles. The normalized spacial score (nSPS) is 15.9. The lowest BCUT2D eigenvalue weighted by Gasteiger charge is -2.24. The first-order valence-electron chi connectivity index (χ1n) is 11.6. The summed E-state index contributed by atoms with van der Waals surface area (Å²) < 4.78 is 11.0. The van der Waals surface area contributed by atoms with Crippen LogP contribution in [-0.2, 0) is 6.42 Å². The second-order valence-corrected chi connectivity index (χ2v) is 8.42. The van der Waals surface area contributed by atoms with Gasteiger partial charge in [-0.05, 0) is 68.3 Å². The van der Waals surface area contributed by atoms with Crippen LogP contribution in [0.4, 0.5) is 11.4 Å². The second kappa shape index (κ2) is 10.5. The zero-order chi connectivity index (χ0) is 23.2. The zero-order valence-corrected chi connectivity index (χ0v) is 19.2. The van der Waals surface area contributed by atoms with Crippen LogP contribution in [0.1, 0.15) is 48.5 Å². The van der Waals surface area contributed by atoms with Crippen molar-refractivity contribution in [1.29, 1.82) is 0 Å². The molecule has 7 heteroatoms. The lowest BCUT2D eigenvalue weighted by Crippen LogP contribution is -2.39. The van der Waals surface area contributed by atoms with Gasteiger partial charge in [0.2, 0.25) is 0 Å². The highest BCUT2D eigenvalue weighted by Gasteiger charge is 2.18. The van der Waals surface area contributed by atoms with Gasteiger partial charge in [0.1, 0.15) is 16.9 Å². The topological polar surface area (TPSA) is 92.6 Å². The molecule has 4 rings (SSSR count). The standard InChI is InChI=1S/C26H31N3O4/c1-3-6-21-23(32-2)13-8-17-15-22(26(31)33-24(17)21)25(30)29-19-11-9-18(10-12-19)28-16-20-7-4-5-14-27-20/h8-13,15,20,27-28H,3-7,14,16H2,1-2H3,(H,29,30). The highest BCUT2D eigenvalue weighted by atomic mass is 16.5. The van der Waals surface area contributed by atoms with Gasteiger partial charge in [-0.2, -0.15) is 0 Å². The highest BCUT2D eigenvalue weighted by molar-refractivity contribution is 6.05. The molecule has 0 spiro atoms. The van der Waals surface area contributed by atoms with Crippen molar-refractivity contribution in [3.63, 3.8) is 0 Å². The fraction of sp³-hybridized carbons (Fsp3) is 0.385. The predicted octanol–water partition coefficient (Wildman–Crippen LogP) is 4.56. The number of hydrogen-bond donors (Lipinski definition) is 3. The molecule has 1 atom stereocenters. The van der Waals surface area contributed by atoms with Gasteiger partial charge in [0.15, 0.2) is 0 Å². The van der Waals surface area contributed by atoms with Crippen molar-refractivity contribution in [2.75, 3.05) is 30.8 Å². The van der Waals surface area contributed by atoms with Crippen molar-refractivity contribution in [3.05, 3.63) is 64.0 Å². The van der Waals surface area contributed by atoms with Crippen molar-refractivity contribution >= 4 is 28.3 Å². The molecule has 1 unspecified atom stereocenters. The van der Waals surface area contributed by atoms with E-state index < -0.39 is 11.5 Å². The fourth-order valence-corrected chi connectivity index (χ4v) is 4.27. The van der Waals surface area contributed by atoms with Gasteiger partial charge < -0.3 is 25.1 Å². The Balaban J connectivity index is 1.47. The van der Waals surface area contributed by atoms with Crippen molar-refractivity contribution in [2.45, 2.75) is 45.1 Å². The third-order valence-corrected chi connectivity index (χ3v) is 6.03. The Morgan fingerprint density at radius 3 is 2.64 bits per heavy atom. The molecule has 1 aromatic heterocycles. The molecule has 2 heterocycles. The second-order valence-electron chi connectivity index (χ2n) is 8.42. The Morgan fingerprint density at radius 2 is 1.94 bits per heavy atom. The molecule has 1 saturated heterocycles. The number of nitrogens with one attached hydrogen (secondary N) is 3. The lowest BCUT2D eigenvalue weighted by atomic mass is 10.0. The monoisotopic (exact) mass is 449 g/mol. The maximum atomic E-state index is 12.8. The van der Waals surface area contributed by atoms with Crippen molar-refractivity contribution in [1.82, 2.24) is 5.32 Å². The summed E-state index contributed by atoms with van der Waals surface area (Å²) in [5.74, 6) is 0.184. The van der Waals surface area contributed by atoms with Gasteiger partial charge in [-0.25, -0.2) is 4.79 Å². The smallest absolute Gasteiger partial charge is 0.349 e. The van der Waals surface area contributed by atoms with E-state index in [-0.39, 0.29) is 5.56 Å². The predicted molar refractivity (Wildman–Crippen MR) is 132 cm³/mol. The summed E-state index contributed by atoms with van der Waals surface area (Å²) >= 11 is 0. The molecule has 174 valence electrons.